The first-order chi connectivity index (χ1) is 10.7. The minimum absolute atomic E-state index is 0.0206. The monoisotopic (exact) mass is 290 g/mol. The van der Waals surface area contributed by atoms with Gasteiger partial charge in [0.2, 0.25) is 0 Å². The van der Waals surface area contributed by atoms with Gasteiger partial charge >= 0.3 is 5.69 Å². The SMILES string of the molecule is CCCc1c2ccccc2n2c(=O)n(C)c3ccccc3c12. The average Bonchev–Trinajstić information content (AvgIpc) is 2.88. The van der Waals surface area contributed by atoms with Crippen LogP contribution >= 0.6 is 0 Å². The predicted octanol–water partition coefficient (Wildman–Crippen LogP) is 3.90. The first-order valence-electron chi connectivity index (χ1n) is 7.73. The summed E-state index contributed by atoms with van der Waals surface area (Å²) < 4.78 is 3.62. The summed E-state index contributed by atoms with van der Waals surface area (Å²) >= 11 is 0. The largest absolute Gasteiger partial charge is 0.333 e. The number of para-hydroxylation sites is 2. The summed E-state index contributed by atoms with van der Waals surface area (Å²) in [6, 6.07) is 16.4. The van der Waals surface area contributed by atoms with E-state index in [1.165, 1.54) is 10.9 Å². The maximum Gasteiger partial charge on any atom is 0.333 e. The number of rotatable bonds is 2. The van der Waals surface area contributed by atoms with Crippen molar-refractivity contribution in [1.29, 1.82) is 0 Å². The van der Waals surface area contributed by atoms with E-state index < -0.39 is 0 Å². The topological polar surface area (TPSA) is 26.4 Å². The molecule has 3 nitrogen and oxygen atoms in total. The molecule has 0 aliphatic heterocycles. The quantitative estimate of drug-likeness (QED) is 0.550. The highest BCUT2D eigenvalue weighted by molar-refractivity contribution is 6.04. The zero-order valence-corrected chi connectivity index (χ0v) is 12.8. The molecule has 0 radical (unpaired) electrons. The van der Waals surface area contributed by atoms with E-state index in [0.717, 1.165) is 34.8 Å². The van der Waals surface area contributed by atoms with Gasteiger partial charge in [0.15, 0.2) is 0 Å². The van der Waals surface area contributed by atoms with Gasteiger partial charge in [0, 0.05) is 17.8 Å². The van der Waals surface area contributed by atoms with Crippen LogP contribution in [0, 0.1) is 0 Å². The first kappa shape index (κ1) is 13.1. The summed E-state index contributed by atoms with van der Waals surface area (Å²) in [5.41, 5.74) is 4.37. The molecule has 0 saturated heterocycles. The first-order valence-corrected chi connectivity index (χ1v) is 7.73. The Kier molecular flexibility index (Phi) is 2.83. The van der Waals surface area contributed by atoms with Crippen molar-refractivity contribution < 1.29 is 0 Å². The molecule has 2 aromatic heterocycles. The van der Waals surface area contributed by atoms with E-state index in [1.54, 1.807) is 4.57 Å². The van der Waals surface area contributed by atoms with E-state index in [-0.39, 0.29) is 5.69 Å². The van der Waals surface area contributed by atoms with E-state index in [0.29, 0.717) is 0 Å². The lowest BCUT2D eigenvalue weighted by Crippen LogP contribution is -2.24. The smallest absolute Gasteiger partial charge is 0.296 e. The lowest BCUT2D eigenvalue weighted by molar-refractivity contribution is 0.836. The highest BCUT2D eigenvalue weighted by atomic mass is 16.1. The standard InChI is InChI=1S/C19H18N2O/c1-3-8-14-13-9-4-7-12-17(13)21-18(14)15-10-5-6-11-16(15)20(2)19(21)22/h4-7,9-12H,3,8H2,1-2H3. The fourth-order valence-corrected chi connectivity index (χ4v) is 3.51. The molecule has 0 N–H and O–H groups in total. The molecular formula is C19H18N2O. The predicted molar refractivity (Wildman–Crippen MR) is 91.6 cm³/mol. The molecule has 0 fully saturated rings. The number of nitrogens with zero attached hydrogens (tertiary/aromatic N) is 2. The molecule has 4 rings (SSSR count). The van der Waals surface area contributed by atoms with Crippen LogP contribution in [0.5, 0.6) is 0 Å². The van der Waals surface area contributed by atoms with Crippen LogP contribution in [0.25, 0.3) is 27.3 Å². The number of aromatic nitrogens is 2. The Morgan fingerprint density at radius 2 is 1.55 bits per heavy atom. The Bertz CT molecular complexity index is 1070. The Labute approximate surface area is 128 Å². The molecule has 0 aliphatic rings. The summed E-state index contributed by atoms with van der Waals surface area (Å²) in [4.78, 5) is 12.9. The third-order valence-electron chi connectivity index (χ3n) is 4.48. The highest BCUT2D eigenvalue weighted by Gasteiger charge is 2.17. The fraction of sp³-hybridized carbons (Fsp3) is 0.211. The molecule has 22 heavy (non-hydrogen) atoms. The van der Waals surface area contributed by atoms with Crippen molar-refractivity contribution in [3.63, 3.8) is 0 Å². The van der Waals surface area contributed by atoms with Crippen molar-refractivity contribution in [1.82, 2.24) is 8.97 Å². The van der Waals surface area contributed by atoms with Crippen LogP contribution in [0.15, 0.2) is 53.3 Å². The van der Waals surface area contributed by atoms with Crippen molar-refractivity contribution in [3.05, 3.63) is 64.6 Å². The Morgan fingerprint density at radius 1 is 0.909 bits per heavy atom. The van der Waals surface area contributed by atoms with Gasteiger partial charge in [0.1, 0.15) is 0 Å². The molecule has 4 aromatic rings. The molecule has 0 atom stereocenters. The van der Waals surface area contributed by atoms with Crippen molar-refractivity contribution >= 4 is 27.3 Å². The lowest BCUT2D eigenvalue weighted by atomic mass is 10.0. The summed E-state index contributed by atoms with van der Waals surface area (Å²) in [5, 5.41) is 2.34. The maximum atomic E-state index is 12.9. The van der Waals surface area contributed by atoms with Gasteiger partial charge in [-0.2, -0.15) is 0 Å². The summed E-state index contributed by atoms with van der Waals surface area (Å²) in [6.07, 6.45) is 2.04. The van der Waals surface area contributed by atoms with E-state index >= 15 is 0 Å². The third-order valence-corrected chi connectivity index (χ3v) is 4.48. The molecule has 0 saturated carbocycles. The number of hydrogen-bond acceptors (Lipinski definition) is 1. The van der Waals surface area contributed by atoms with Gasteiger partial charge in [-0.25, -0.2) is 4.79 Å². The van der Waals surface area contributed by atoms with Gasteiger partial charge in [-0.15, -0.1) is 0 Å². The molecule has 0 unspecified atom stereocenters. The molecule has 3 heteroatoms. The van der Waals surface area contributed by atoms with E-state index in [4.69, 9.17) is 0 Å². The number of fused-ring (bicyclic) bond motifs is 5. The van der Waals surface area contributed by atoms with Crippen LogP contribution < -0.4 is 5.69 Å². The molecule has 0 amide bonds. The zero-order valence-electron chi connectivity index (χ0n) is 12.8. The maximum absolute atomic E-state index is 12.9. The van der Waals surface area contributed by atoms with Crippen LogP contribution in [0.4, 0.5) is 0 Å². The van der Waals surface area contributed by atoms with E-state index in [9.17, 15) is 4.79 Å². The van der Waals surface area contributed by atoms with Crippen LogP contribution in [-0.2, 0) is 13.5 Å². The van der Waals surface area contributed by atoms with E-state index in [2.05, 4.69) is 19.1 Å². The molecule has 0 aliphatic carbocycles. The highest BCUT2D eigenvalue weighted by Crippen LogP contribution is 2.31. The number of aryl methyl sites for hydroxylation is 2. The average molecular weight is 290 g/mol. The third kappa shape index (κ3) is 1.59. The van der Waals surface area contributed by atoms with Gasteiger partial charge in [-0.05, 0) is 24.1 Å². The molecular weight excluding hydrogens is 272 g/mol. The molecule has 2 aromatic carbocycles. The second-order valence-electron chi connectivity index (χ2n) is 5.79. The molecule has 0 bridgehead atoms. The van der Waals surface area contributed by atoms with Crippen LogP contribution in [0.2, 0.25) is 0 Å². The van der Waals surface area contributed by atoms with Gasteiger partial charge in [-0.1, -0.05) is 49.7 Å². The second kappa shape index (κ2) is 4.73. The minimum Gasteiger partial charge on any atom is -0.296 e. The number of benzene rings is 2. The second-order valence-corrected chi connectivity index (χ2v) is 5.79. The van der Waals surface area contributed by atoms with Crippen LogP contribution in [0.3, 0.4) is 0 Å². The van der Waals surface area contributed by atoms with Crippen molar-refractivity contribution in [2.45, 2.75) is 19.8 Å². The number of hydrogen-bond donors (Lipinski definition) is 0. The van der Waals surface area contributed by atoms with Crippen LogP contribution in [-0.4, -0.2) is 8.97 Å². The Hall–Kier alpha value is -2.55. The summed E-state index contributed by atoms with van der Waals surface area (Å²) in [6.45, 7) is 2.18. The Balaban J connectivity index is 2.40. The Morgan fingerprint density at radius 3 is 2.27 bits per heavy atom. The molecule has 0 spiro atoms. The van der Waals surface area contributed by atoms with Crippen LogP contribution in [0.1, 0.15) is 18.9 Å². The normalized spacial score (nSPS) is 11.7. The van der Waals surface area contributed by atoms with E-state index in [1.807, 2.05) is 47.8 Å². The van der Waals surface area contributed by atoms with Crippen molar-refractivity contribution in [3.8, 4) is 0 Å². The molecule has 2 heterocycles. The lowest BCUT2D eigenvalue weighted by Gasteiger charge is -2.09. The zero-order chi connectivity index (χ0) is 15.3. The van der Waals surface area contributed by atoms with Gasteiger partial charge < -0.3 is 0 Å². The summed E-state index contributed by atoms with van der Waals surface area (Å²) in [7, 11) is 1.85. The fourth-order valence-electron chi connectivity index (χ4n) is 3.51. The summed E-state index contributed by atoms with van der Waals surface area (Å²) in [5.74, 6) is 0. The van der Waals surface area contributed by atoms with Gasteiger partial charge in [-0.3, -0.25) is 8.97 Å². The molecule has 110 valence electrons. The minimum atomic E-state index is 0.0206. The van der Waals surface area contributed by atoms with Gasteiger partial charge in [0.05, 0.1) is 16.6 Å². The van der Waals surface area contributed by atoms with Gasteiger partial charge in [0.25, 0.3) is 0 Å². The van der Waals surface area contributed by atoms with Crippen molar-refractivity contribution in [2.75, 3.05) is 0 Å². The van der Waals surface area contributed by atoms with Crippen molar-refractivity contribution in [2.24, 2.45) is 7.05 Å².